The predicted octanol–water partition coefficient (Wildman–Crippen LogP) is 3.01. The fraction of sp³-hybridized carbons (Fsp3) is 0.357. The number of aromatic nitrogens is 1. The van der Waals surface area contributed by atoms with E-state index in [1.807, 2.05) is 5.38 Å². The first-order valence-electron chi connectivity index (χ1n) is 6.31. The second-order valence-corrected chi connectivity index (χ2v) is 4.98. The van der Waals surface area contributed by atoms with Crippen molar-refractivity contribution in [2.75, 3.05) is 13.2 Å². The number of hydrogen-bond donors (Lipinski definition) is 1. The summed E-state index contributed by atoms with van der Waals surface area (Å²) in [5, 5.41) is 6.29. The van der Waals surface area contributed by atoms with Crippen molar-refractivity contribution in [3.05, 3.63) is 46.2 Å². The first-order chi connectivity index (χ1) is 9.29. The molecule has 0 spiro atoms. The standard InChI is InChI=1S/C14H17FN2OS/c1-2-16-9-11-10-19-14(17-11)7-8-18-13-6-4-3-5-12(13)15/h3-6,10,16H,2,7-9H2,1H3. The van der Waals surface area contributed by atoms with Gasteiger partial charge in [0.1, 0.15) is 0 Å². The van der Waals surface area contributed by atoms with Crippen LogP contribution in [0.15, 0.2) is 29.6 Å². The van der Waals surface area contributed by atoms with Crippen LogP contribution in [0.1, 0.15) is 17.6 Å². The van der Waals surface area contributed by atoms with Gasteiger partial charge in [0.25, 0.3) is 0 Å². The van der Waals surface area contributed by atoms with E-state index in [9.17, 15) is 4.39 Å². The Balaban J connectivity index is 1.79. The van der Waals surface area contributed by atoms with E-state index in [0.29, 0.717) is 18.8 Å². The molecule has 0 radical (unpaired) electrons. The summed E-state index contributed by atoms with van der Waals surface area (Å²) in [5.74, 6) is -0.0265. The zero-order valence-corrected chi connectivity index (χ0v) is 11.7. The maximum atomic E-state index is 13.3. The highest BCUT2D eigenvalue weighted by Gasteiger charge is 2.04. The zero-order chi connectivity index (χ0) is 13.5. The summed E-state index contributed by atoms with van der Waals surface area (Å²) in [6.07, 6.45) is 0.700. The highest BCUT2D eigenvalue weighted by Crippen LogP contribution is 2.16. The van der Waals surface area contributed by atoms with Crippen LogP contribution in [-0.4, -0.2) is 18.1 Å². The number of hydrogen-bond acceptors (Lipinski definition) is 4. The number of thiazole rings is 1. The van der Waals surface area contributed by atoms with Crippen molar-refractivity contribution in [3.8, 4) is 5.75 Å². The summed E-state index contributed by atoms with van der Waals surface area (Å²) in [6.45, 7) is 4.23. The van der Waals surface area contributed by atoms with Crippen LogP contribution in [0, 0.1) is 5.82 Å². The highest BCUT2D eigenvalue weighted by atomic mass is 32.1. The van der Waals surface area contributed by atoms with Gasteiger partial charge in [-0.05, 0) is 18.7 Å². The number of para-hydroxylation sites is 1. The van der Waals surface area contributed by atoms with Crippen LogP contribution in [0.2, 0.25) is 0 Å². The van der Waals surface area contributed by atoms with E-state index in [4.69, 9.17) is 4.74 Å². The van der Waals surface area contributed by atoms with Gasteiger partial charge < -0.3 is 10.1 Å². The molecule has 0 aliphatic rings. The summed E-state index contributed by atoms with van der Waals surface area (Å²) in [7, 11) is 0. The monoisotopic (exact) mass is 280 g/mol. The van der Waals surface area contributed by atoms with E-state index in [2.05, 4.69) is 17.2 Å². The molecule has 0 saturated carbocycles. The number of benzene rings is 1. The SMILES string of the molecule is CCNCc1csc(CCOc2ccccc2F)n1. The maximum Gasteiger partial charge on any atom is 0.165 e. The number of rotatable bonds is 7. The van der Waals surface area contributed by atoms with Crippen molar-refractivity contribution in [1.82, 2.24) is 10.3 Å². The van der Waals surface area contributed by atoms with E-state index in [1.54, 1.807) is 29.5 Å². The van der Waals surface area contributed by atoms with Gasteiger partial charge >= 0.3 is 0 Å². The molecule has 2 aromatic rings. The first kappa shape index (κ1) is 14.0. The molecule has 1 heterocycles. The molecule has 0 fully saturated rings. The lowest BCUT2D eigenvalue weighted by atomic mass is 10.3. The minimum atomic E-state index is -0.325. The molecule has 1 aromatic heterocycles. The molecular formula is C14H17FN2OS. The molecule has 0 aliphatic carbocycles. The normalized spacial score (nSPS) is 10.6. The van der Waals surface area contributed by atoms with Crippen LogP contribution in [-0.2, 0) is 13.0 Å². The lowest BCUT2D eigenvalue weighted by Gasteiger charge is -2.05. The van der Waals surface area contributed by atoms with Gasteiger partial charge in [-0.1, -0.05) is 19.1 Å². The molecular weight excluding hydrogens is 263 g/mol. The van der Waals surface area contributed by atoms with Crippen molar-refractivity contribution in [3.63, 3.8) is 0 Å². The smallest absolute Gasteiger partial charge is 0.165 e. The van der Waals surface area contributed by atoms with E-state index >= 15 is 0 Å². The fourth-order valence-electron chi connectivity index (χ4n) is 1.61. The number of ether oxygens (including phenoxy) is 1. The first-order valence-corrected chi connectivity index (χ1v) is 7.19. The zero-order valence-electron chi connectivity index (χ0n) is 10.9. The molecule has 102 valence electrons. The summed E-state index contributed by atoms with van der Waals surface area (Å²) in [5.41, 5.74) is 1.05. The minimum absolute atomic E-state index is 0.298. The van der Waals surface area contributed by atoms with E-state index in [1.165, 1.54) is 6.07 Å². The van der Waals surface area contributed by atoms with Crippen LogP contribution >= 0.6 is 11.3 Å². The topological polar surface area (TPSA) is 34.1 Å². The van der Waals surface area contributed by atoms with Gasteiger partial charge in [-0.2, -0.15) is 0 Å². The van der Waals surface area contributed by atoms with Crippen LogP contribution < -0.4 is 10.1 Å². The maximum absolute atomic E-state index is 13.3. The number of halogens is 1. The summed E-state index contributed by atoms with van der Waals surface area (Å²) in [4.78, 5) is 4.48. The minimum Gasteiger partial charge on any atom is -0.490 e. The molecule has 0 saturated heterocycles. The quantitative estimate of drug-likeness (QED) is 0.846. The molecule has 0 unspecified atom stereocenters. The van der Waals surface area contributed by atoms with Crippen molar-refractivity contribution < 1.29 is 9.13 Å². The molecule has 2 rings (SSSR count). The van der Waals surface area contributed by atoms with Gasteiger partial charge in [-0.15, -0.1) is 11.3 Å². The Kier molecular flexibility index (Phi) is 5.30. The van der Waals surface area contributed by atoms with Gasteiger partial charge in [-0.3, -0.25) is 0 Å². The van der Waals surface area contributed by atoms with Gasteiger partial charge in [0.05, 0.1) is 17.3 Å². The Hall–Kier alpha value is -1.46. The van der Waals surface area contributed by atoms with E-state index in [-0.39, 0.29) is 5.82 Å². The summed E-state index contributed by atoms with van der Waals surface area (Å²) < 4.78 is 18.7. The van der Waals surface area contributed by atoms with Crippen molar-refractivity contribution in [2.24, 2.45) is 0 Å². The van der Waals surface area contributed by atoms with Gasteiger partial charge in [0, 0.05) is 18.3 Å². The van der Waals surface area contributed by atoms with Gasteiger partial charge in [0.15, 0.2) is 11.6 Å². The van der Waals surface area contributed by atoms with Crippen molar-refractivity contribution in [2.45, 2.75) is 19.9 Å². The molecule has 1 aromatic carbocycles. The summed E-state index contributed by atoms with van der Waals surface area (Å²) in [6, 6.07) is 6.44. The van der Waals surface area contributed by atoms with Crippen molar-refractivity contribution in [1.29, 1.82) is 0 Å². The molecule has 3 nitrogen and oxygen atoms in total. The van der Waals surface area contributed by atoms with Crippen molar-refractivity contribution >= 4 is 11.3 Å². The second kappa shape index (κ2) is 7.21. The predicted molar refractivity (Wildman–Crippen MR) is 75.1 cm³/mol. The second-order valence-electron chi connectivity index (χ2n) is 4.04. The Bertz CT molecular complexity index is 516. The van der Waals surface area contributed by atoms with E-state index in [0.717, 1.165) is 23.8 Å². The molecule has 0 aliphatic heterocycles. The molecule has 5 heteroatoms. The highest BCUT2D eigenvalue weighted by molar-refractivity contribution is 7.09. The Morgan fingerprint density at radius 2 is 2.21 bits per heavy atom. The van der Waals surface area contributed by atoms with Crippen LogP contribution in [0.5, 0.6) is 5.75 Å². The van der Waals surface area contributed by atoms with Crippen LogP contribution in [0.4, 0.5) is 4.39 Å². The lowest BCUT2D eigenvalue weighted by Crippen LogP contribution is -2.12. The summed E-state index contributed by atoms with van der Waals surface area (Å²) >= 11 is 1.61. The Labute approximate surface area is 116 Å². The third-order valence-electron chi connectivity index (χ3n) is 2.57. The number of nitrogens with one attached hydrogen (secondary N) is 1. The molecule has 0 atom stereocenters. The lowest BCUT2D eigenvalue weighted by molar-refractivity contribution is 0.305. The molecule has 0 amide bonds. The average Bonchev–Trinajstić information content (AvgIpc) is 2.86. The average molecular weight is 280 g/mol. The van der Waals surface area contributed by atoms with Crippen LogP contribution in [0.25, 0.3) is 0 Å². The third kappa shape index (κ3) is 4.29. The Morgan fingerprint density at radius 1 is 1.37 bits per heavy atom. The Morgan fingerprint density at radius 3 is 3.00 bits per heavy atom. The molecule has 1 N–H and O–H groups in total. The van der Waals surface area contributed by atoms with Crippen LogP contribution in [0.3, 0.4) is 0 Å². The molecule has 19 heavy (non-hydrogen) atoms. The largest absolute Gasteiger partial charge is 0.490 e. The number of nitrogens with zero attached hydrogens (tertiary/aromatic N) is 1. The third-order valence-corrected chi connectivity index (χ3v) is 3.52. The van der Waals surface area contributed by atoms with Gasteiger partial charge in [0.2, 0.25) is 0 Å². The molecule has 0 bridgehead atoms. The van der Waals surface area contributed by atoms with Gasteiger partial charge in [-0.25, -0.2) is 9.37 Å². The van der Waals surface area contributed by atoms with E-state index < -0.39 is 0 Å². The fourth-order valence-corrected chi connectivity index (χ4v) is 2.39.